The summed E-state index contributed by atoms with van der Waals surface area (Å²) >= 11 is 0. The van der Waals surface area contributed by atoms with E-state index in [-0.39, 0.29) is 0 Å². The first-order valence-corrected chi connectivity index (χ1v) is 5.59. The molecule has 1 aromatic carbocycles. The number of fused-ring (bicyclic) bond motifs is 1. The SMILES string of the molecule is OC1c2cc[nH]c2N=CN1C#Cc1ccccc1. The minimum absolute atomic E-state index is 0.681. The molecule has 1 aliphatic heterocycles. The first-order chi connectivity index (χ1) is 8.84. The second kappa shape index (κ2) is 4.40. The summed E-state index contributed by atoms with van der Waals surface area (Å²) in [4.78, 5) is 8.62. The minimum atomic E-state index is -0.778. The minimum Gasteiger partial charge on any atom is -0.368 e. The number of aliphatic imine (C=N–C) groups is 1. The number of aromatic amines is 1. The fourth-order valence-corrected chi connectivity index (χ4v) is 1.77. The molecule has 1 aromatic heterocycles. The summed E-state index contributed by atoms with van der Waals surface area (Å²) in [6.45, 7) is 0. The number of hydrogen-bond acceptors (Lipinski definition) is 3. The molecule has 0 bridgehead atoms. The molecule has 0 saturated heterocycles. The number of aromatic nitrogens is 1. The van der Waals surface area contributed by atoms with Crippen LogP contribution in [0.25, 0.3) is 0 Å². The summed E-state index contributed by atoms with van der Waals surface area (Å²) in [6, 6.07) is 14.3. The Hall–Kier alpha value is -2.51. The lowest BCUT2D eigenvalue weighted by Crippen LogP contribution is -2.24. The van der Waals surface area contributed by atoms with Crippen molar-refractivity contribution in [2.45, 2.75) is 6.23 Å². The maximum absolute atomic E-state index is 10.1. The van der Waals surface area contributed by atoms with Crippen LogP contribution in [0.1, 0.15) is 17.4 Å². The quantitative estimate of drug-likeness (QED) is 0.688. The van der Waals surface area contributed by atoms with Gasteiger partial charge < -0.3 is 10.1 Å². The maximum atomic E-state index is 10.1. The Morgan fingerprint density at radius 1 is 1.22 bits per heavy atom. The van der Waals surface area contributed by atoms with Crippen molar-refractivity contribution in [2.75, 3.05) is 0 Å². The van der Waals surface area contributed by atoms with Gasteiger partial charge in [0.15, 0.2) is 6.23 Å². The second-order valence-corrected chi connectivity index (χ2v) is 3.91. The molecule has 1 unspecified atom stereocenters. The zero-order valence-corrected chi connectivity index (χ0v) is 9.54. The number of aliphatic hydroxyl groups excluding tert-OH is 1. The average molecular weight is 237 g/mol. The molecule has 88 valence electrons. The Kier molecular flexibility index (Phi) is 2.60. The van der Waals surface area contributed by atoms with Crippen molar-refractivity contribution in [1.29, 1.82) is 0 Å². The van der Waals surface area contributed by atoms with E-state index in [4.69, 9.17) is 0 Å². The molecule has 3 rings (SSSR count). The topological polar surface area (TPSA) is 51.6 Å². The molecule has 1 aliphatic rings. The summed E-state index contributed by atoms with van der Waals surface area (Å²) in [7, 11) is 0. The number of H-pyrrole nitrogens is 1. The normalized spacial score (nSPS) is 16.9. The van der Waals surface area contributed by atoms with Gasteiger partial charge in [-0.05, 0) is 24.1 Å². The molecule has 0 spiro atoms. The molecule has 0 fully saturated rings. The van der Waals surface area contributed by atoms with Gasteiger partial charge in [0, 0.05) is 23.4 Å². The highest BCUT2D eigenvalue weighted by Gasteiger charge is 2.21. The molecule has 2 heterocycles. The summed E-state index contributed by atoms with van der Waals surface area (Å²) < 4.78 is 0. The summed E-state index contributed by atoms with van der Waals surface area (Å²) in [5.74, 6) is 3.66. The molecule has 2 N–H and O–H groups in total. The molecule has 4 nitrogen and oxygen atoms in total. The first kappa shape index (κ1) is 10.6. The second-order valence-electron chi connectivity index (χ2n) is 3.91. The van der Waals surface area contributed by atoms with Crippen LogP contribution in [0.3, 0.4) is 0 Å². The fourth-order valence-electron chi connectivity index (χ4n) is 1.77. The standard InChI is InChI=1S/C14H11N3O/c18-14-12-6-8-15-13(12)16-10-17(14)9-7-11-4-2-1-3-5-11/h1-6,8,10,14-15,18H. The van der Waals surface area contributed by atoms with Gasteiger partial charge >= 0.3 is 0 Å². The van der Waals surface area contributed by atoms with E-state index in [0.29, 0.717) is 5.82 Å². The molecule has 0 amide bonds. The summed E-state index contributed by atoms with van der Waals surface area (Å²) in [5.41, 5.74) is 1.64. The lowest BCUT2D eigenvalue weighted by atomic mass is 10.2. The lowest BCUT2D eigenvalue weighted by Gasteiger charge is -2.22. The number of aliphatic hydroxyl groups is 1. The van der Waals surface area contributed by atoms with Gasteiger partial charge in [0.05, 0.1) is 0 Å². The van der Waals surface area contributed by atoms with E-state index >= 15 is 0 Å². The predicted octanol–water partition coefficient (Wildman–Crippen LogP) is 1.99. The van der Waals surface area contributed by atoms with Gasteiger partial charge in [0.2, 0.25) is 0 Å². The molecule has 4 heteroatoms. The van der Waals surface area contributed by atoms with Crippen LogP contribution in [0.4, 0.5) is 5.82 Å². The number of hydrogen-bond donors (Lipinski definition) is 2. The third-order valence-electron chi connectivity index (χ3n) is 2.71. The monoisotopic (exact) mass is 237 g/mol. The van der Waals surface area contributed by atoms with Crippen molar-refractivity contribution in [2.24, 2.45) is 4.99 Å². The van der Waals surface area contributed by atoms with E-state index in [9.17, 15) is 5.11 Å². The molecular formula is C14H11N3O. The van der Waals surface area contributed by atoms with Crippen LogP contribution in [0.5, 0.6) is 0 Å². The highest BCUT2D eigenvalue weighted by atomic mass is 16.3. The molecule has 0 radical (unpaired) electrons. The average Bonchev–Trinajstić information content (AvgIpc) is 2.88. The van der Waals surface area contributed by atoms with Crippen molar-refractivity contribution < 1.29 is 5.11 Å². The van der Waals surface area contributed by atoms with Crippen molar-refractivity contribution in [1.82, 2.24) is 9.88 Å². The smallest absolute Gasteiger partial charge is 0.169 e. The van der Waals surface area contributed by atoms with Crippen molar-refractivity contribution >= 4 is 12.2 Å². The van der Waals surface area contributed by atoms with Crippen LogP contribution >= 0.6 is 0 Å². The summed E-state index contributed by atoms with van der Waals surface area (Å²) in [5, 5.41) is 10.1. The highest BCUT2D eigenvalue weighted by molar-refractivity contribution is 5.68. The van der Waals surface area contributed by atoms with E-state index in [0.717, 1.165) is 11.1 Å². The Labute approximate surface area is 105 Å². The lowest BCUT2D eigenvalue weighted by molar-refractivity contribution is 0.0901. The van der Waals surface area contributed by atoms with Crippen LogP contribution in [-0.4, -0.2) is 21.3 Å². The van der Waals surface area contributed by atoms with Gasteiger partial charge in [-0.15, -0.1) is 0 Å². The largest absolute Gasteiger partial charge is 0.368 e. The van der Waals surface area contributed by atoms with Crippen molar-refractivity contribution in [3.63, 3.8) is 0 Å². The van der Waals surface area contributed by atoms with Crippen molar-refractivity contribution in [3.05, 3.63) is 53.7 Å². The zero-order chi connectivity index (χ0) is 12.4. The molecule has 0 aliphatic carbocycles. The molecule has 0 saturated carbocycles. The zero-order valence-electron chi connectivity index (χ0n) is 9.54. The predicted molar refractivity (Wildman–Crippen MR) is 69.1 cm³/mol. The highest BCUT2D eigenvalue weighted by Crippen LogP contribution is 2.29. The number of rotatable bonds is 0. The van der Waals surface area contributed by atoms with Crippen molar-refractivity contribution in [3.8, 4) is 12.0 Å². The molecule has 1 atom stereocenters. The van der Waals surface area contributed by atoms with Crippen LogP contribution in [0.15, 0.2) is 47.6 Å². The van der Waals surface area contributed by atoms with Crippen LogP contribution < -0.4 is 0 Å². The van der Waals surface area contributed by atoms with Gasteiger partial charge in [-0.1, -0.05) is 18.2 Å². The number of nitrogens with one attached hydrogen (secondary N) is 1. The fraction of sp³-hybridized carbons (Fsp3) is 0.0714. The van der Waals surface area contributed by atoms with Gasteiger partial charge in [-0.3, -0.25) is 4.90 Å². The maximum Gasteiger partial charge on any atom is 0.169 e. The van der Waals surface area contributed by atoms with E-state index in [1.807, 2.05) is 30.3 Å². The van der Waals surface area contributed by atoms with Gasteiger partial charge in [0.25, 0.3) is 0 Å². The van der Waals surface area contributed by atoms with E-state index in [1.165, 1.54) is 11.2 Å². The molecule has 18 heavy (non-hydrogen) atoms. The van der Waals surface area contributed by atoms with E-state index in [1.54, 1.807) is 12.3 Å². The summed E-state index contributed by atoms with van der Waals surface area (Å²) in [6.07, 6.45) is 2.50. The first-order valence-electron chi connectivity index (χ1n) is 5.59. The van der Waals surface area contributed by atoms with E-state index in [2.05, 4.69) is 21.9 Å². The third kappa shape index (κ3) is 1.88. The molecular weight excluding hydrogens is 226 g/mol. The van der Waals surface area contributed by atoms with Gasteiger partial charge in [0.1, 0.15) is 12.2 Å². The van der Waals surface area contributed by atoms with Crippen LogP contribution in [-0.2, 0) is 0 Å². The number of benzene rings is 1. The molecule has 2 aromatic rings. The van der Waals surface area contributed by atoms with Gasteiger partial charge in [-0.2, -0.15) is 0 Å². The van der Waals surface area contributed by atoms with Gasteiger partial charge in [-0.25, -0.2) is 4.99 Å². The van der Waals surface area contributed by atoms with Crippen LogP contribution in [0.2, 0.25) is 0 Å². The van der Waals surface area contributed by atoms with E-state index < -0.39 is 6.23 Å². The Morgan fingerprint density at radius 3 is 2.89 bits per heavy atom. The Morgan fingerprint density at radius 2 is 2.06 bits per heavy atom. The Bertz CT molecular complexity index is 634. The number of nitrogens with zero attached hydrogens (tertiary/aromatic N) is 2. The Balaban J connectivity index is 1.86. The third-order valence-corrected chi connectivity index (χ3v) is 2.71. The van der Waals surface area contributed by atoms with Crippen LogP contribution in [0, 0.1) is 12.0 Å².